The number of hydrogen-bond acceptors (Lipinski definition) is 4. The molecule has 0 heterocycles. The van der Waals surface area contributed by atoms with Gasteiger partial charge in [-0.05, 0) is 44.0 Å². The maximum atomic E-state index is 11.8. The Morgan fingerprint density at radius 3 is 2.45 bits per heavy atom. The largest absolute Gasteiger partial charge is 0.451 e. The summed E-state index contributed by atoms with van der Waals surface area (Å²) in [6.07, 6.45) is -1.01. The fraction of sp³-hybridized carbons (Fsp3) is 0.357. The molecule has 0 spiro atoms. The van der Waals surface area contributed by atoms with E-state index in [9.17, 15) is 14.4 Å². The predicted octanol–water partition coefficient (Wildman–Crippen LogP) is 0.450. The van der Waals surface area contributed by atoms with Crippen LogP contribution in [0.2, 0.25) is 0 Å². The zero-order valence-corrected chi connectivity index (χ0v) is 11.7. The van der Waals surface area contributed by atoms with Gasteiger partial charge >= 0.3 is 5.97 Å². The van der Waals surface area contributed by atoms with Crippen LogP contribution in [0, 0.1) is 13.8 Å². The van der Waals surface area contributed by atoms with Crippen LogP contribution in [0.4, 0.5) is 0 Å². The van der Waals surface area contributed by atoms with Gasteiger partial charge in [-0.15, -0.1) is 0 Å². The Hall–Kier alpha value is -2.37. The lowest BCUT2D eigenvalue weighted by atomic mass is 10.1. The monoisotopic (exact) mass is 278 g/mol. The summed E-state index contributed by atoms with van der Waals surface area (Å²) in [6.45, 7) is 4.89. The molecule has 0 radical (unpaired) electrons. The van der Waals surface area contributed by atoms with Crippen LogP contribution in [0.15, 0.2) is 18.2 Å². The van der Waals surface area contributed by atoms with Gasteiger partial charge in [-0.2, -0.15) is 0 Å². The van der Waals surface area contributed by atoms with Crippen molar-refractivity contribution in [2.45, 2.75) is 26.9 Å². The lowest BCUT2D eigenvalue weighted by molar-refractivity contribution is -0.152. The van der Waals surface area contributed by atoms with Crippen LogP contribution >= 0.6 is 0 Å². The number of benzene rings is 1. The molecule has 1 rings (SSSR count). The maximum Gasteiger partial charge on any atom is 0.326 e. The van der Waals surface area contributed by atoms with Gasteiger partial charge < -0.3 is 15.8 Å². The summed E-state index contributed by atoms with van der Waals surface area (Å²) in [5.74, 6) is -1.83. The van der Waals surface area contributed by atoms with Crippen LogP contribution in [0.25, 0.3) is 0 Å². The normalized spacial score (nSPS) is 11.6. The summed E-state index contributed by atoms with van der Waals surface area (Å²) in [7, 11) is 0. The first kappa shape index (κ1) is 15.7. The predicted molar refractivity (Wildman–Crippen MR) is 73.0 cm³/mol. The number of nitrogens with two attached hydrogens (primary N) is 1. The second kappa shape index (κ2) is 6.70. The highest BCUT2D eigenvalue weighted by molar-refractivity contribution is 5.96. The van der Waals surface area contributed by atoms with Gasteiger partial charge in [0.2, 0.25) is 0 Å². The fourth-order valence-electron chi connectivity index (χ4n) is 1.43. The van der Waals surface area contributed by atoms with E-state index in [1.54, 1.807) is 12.1 Å². The molecule has 1 atom stereocenters. The van der Waals surface area contributed by atoms with E-state index in [2.05, 4.69) is 5.32 Å². The molecule has 0 aliphatic heterocycles. The summed E-state index contributed by atoms with van der Waals surface area (Å²) in [4.78, 5) is 33.9. The van der Waals surface area contributed by atoms with Gasteiger partial charge in [0.05, 0.1) is 0 Å². The van der Waals surface area contributed by atoms with Gasteiger partial charge in [-0.3, -0.25) is 14.4 Å². The zero-order valence-electron chi connectivity index (χ0n) is 11.7. The van der Waals surface area contributed by atoms with E-state index in [1.807, 2.05) is 19.9 Å². The Kier molecular flexibility index (Phi) is 5.25. The average molecular weight is 278 g/mol. The molecule has 2 amide bonds. The highest BCUT2D eigenvalue weighted by Gasteiger charge is 2.15. The number of primary amides is 1. The van der Waals surface area contributed by atoms with Gasteiger partial charge in [-0.25, -0.2) is 0 Å². The molecule has 0 saturated carbocycles. The van der Waals surface area contributed by atoms with E-state index in [0.717, 1.165) is 11.1 Å². The number of rotatable bonds is 5. The summed E-state index contributed by atoms with van der Waals surface area (Å²) < 4.78 is 4.71. The smallest absolute Gasteiger partial charge is 0.326 e. The van der Waals surface area contributed by atoms with E-state index >= 15 is 0 Å². The van der Waals surface area contributed by atoms with Crippen molar-refractivity contribution in [1.29, 1.82) is 0 Å². The number of hydrogen-bond donors (Lipinski definition) is 2. The topological polar surface area (TPSA) is 98.5 Å². The zero-order chi connectivity index (χ0) is 15.3. The minimum atomic E-state index is -1.01. The van der Waals surface area contributed by atoms with E-state index in [-0.39, 0.29) is 12.5 Å². The first-order valence-corrected chi connectivity index (χ1v) is 6.15. The lowest BCUT2D eigenvalue weighted by Crippen LogP contribution is -2.36. The number of ether oxygens (including phenoxy) is 1. The van der Waals surface area contributed by atoms with Crippen molar-refractivity contribution >= 4 is 17.8 Å². The molecule has 0 bridgehead atoms. The maximum absolute atomic E-state index is 11.8. The van der Waals surface area contributed by atoms with E-state index in [1.165, 1.54) is 6.92 Å². The number of carbonyl (C=O) groups excluding carboxylic acids is 3. The summed E-state index contributed by atoms with van der Waals surface area (Å²) >= 11 is 0. The van der Waals surface area contributed by atoms with Crippen LogP contribution in [0.3, 0.4) is 0 Å². The van der Waals surface area contributed by atoms with Gasteiger partial charge in [0, 0.05) is 5.56 Å². The van der Waals surface area contributed by atoms with Crippen molar-refractivity contribution in [2.75, 3.05) is 6.54 Å². The van der Waals surface area contributed by atoms with Crippen LogP contribution in [0.1, 0.15) is 28.4 Å². The number of esters is 1. The van der Waals surface area contributed by atoms with Gasteiger partial charge in [-0.1, -0.05) is 6.07 Å². The molecule has 1 aromatic rings. The molecule has 20 heavy (non-hydrogen) atoms. The lowest BCUT2D eigenvalue weighted by Gasteiger charge is -2.10. The highest BCUT2D eigenvalue weighted by atomic mass is 16.5. The molecule has 3 N–H and O–H groups in total. The molecule has 0 aliphatic rings. The standard InChI is InChI=1S/C14H18N2O4/c1-8-4-5-11(6-9(8)2)14(19)16-7-12(17)20-10(3)13(15)18/h4-6,10H,7H2,1-3H3,(H2,15,18)(H,16,19)/t10-/m0/s1. The Labute approximate surface area is 117 Å². The van der Waals surface area contributed by atoms with Gasteiger partial charge in [0.15, 0.2) is 6.10 Å². The Morgan fingerprint density at radius 1 is 1.25 bits per heavy atom. The number of amides is 2. The Morgan fingerprint density at radius 2 is 1.90 bits per heavy atom. The van der Waals surface area contributed by atoms with Gasteiger partial charge in [0.1, 0.15) is 6.54 Å². The van der Waals surface area contributed by atoms with E-state index in [0.29, 0.717) is 5.56 Å². The Bertz CT molecular complexity index is 540. The number of carbonyl (C=O) groups is 3. The van der Waals surface area contributed by atoms with E-state index in [4.69, 9.17) is 10.5 Å². The second-order valence-corrected chi connectivity index (χ2v) is 4.52. The molecule has 0 aliphatic carbocycles. The SMILES string of the molecule is Cc1ccc(C(=O)NCC(=O)O[C@@H](C)C(N)=O)cc1C. The van der Waals surface area contributed by atoms with E-state index < -0.39 is 18.0 Å². The van der Waals surface area contributed by atoms with Crippen LogP contribution in [0.5, 0.6) is 0 Å². The average Bonchev–Trinajstić information content (AvgIpc) is 2.39. The molecule has 0 unspecified atom stereocenters. The third kappa shape index (κ3) is 4.38. The number of aryl methyl sites for hydroxylation is 2. The van der Waals surface area contributed by atoms with Crippen molar-refractivity contribution < 1.29 is 19.1 Å². The number of nitrogens with one attached hydrogen (secondary N) is 1. The van der Waals surface area contributed by atoms with Crippen molar-refractivity contribution in [3.05, 3.63) is 34.9 Å². The van der Waals surface area contributed by atoms with Gasteiger partial charge in [0.25, 0.3) is 11.8 Å². The molecule has 0 aromatic heterocycles. The van der Waals surface area contributed by atoms with Crippen molar-refractivity contribution in [3.63, 3.8) is 0 Å². The fourth-order valence-corrected chi connectivity index (χ4v) is 1.43. The first-order chi connectivity index (χ1) is 9.31. The molecule has 0 saturated heterocycles. The third-order valence-electron chi connectivity index (χ3n) is 2.87. The van der Waals surface area contributed by atoms with Crippen LogP contribution in [-0.2, 0) is 14.3 Å². The minimum absolute atomic E-state index is 0.316. The molecular formula is C14H18N2O4. The molecule has 108 valence electrons. The second-order valence-electron chi connectivity index (χ2n) is 4.52. The molecule has 1 aromatic carbocycles. The Balaban J connectivity index is 2.53. The van der Waals surface area contributed by atoms with Crippen molar-refractivity contribution in [2.24, 2.45) is 5.73 Å². The minimum Gasteiger partial charge on any atom is -0.451 e. The summed E-state index contributed by atoms with van der Waals surface area (Å²) in [6, 6.07) is 5.24. The summed E-state index contributed by atoms with van der Waals surface area (Å²) in [5, 5.41) is 2.42. The quantitative estimate of drug-likeness (QED) is 0.764. The molecule has 0 fully saturated rings. The first-order valence-electron chi connectivity index (χ1n) is 6.15. The third-order valence-corrected chi connectivity index (χ3v) is 2.87. The van der Waals surface area contributed by atoms with Crippen molar-refractivity contribution in [1.82, 2.24) is 5.32 Å². The highest BCUT2D eigenvalue weighted by Crippen LogP contribution is 2.09. The van der Waals surface area contributed by atoms with Crippen LogP contribution < -0.4 is 11.1 Å². The molecule has 6 nitrogen and oxygen atoms in total. The van der Waals surface area contributed by atoms with Crippen LogP contribution in [-0.4, -0.2) is 30.4 Å². The molecular weight excluding hydrogens is 260 g/mol. The summed E-state index contributed by atoms with van der Waals surface area (Å²) in [5.41, 5.74) is 7.49. The molecule has 6 heteroatoms. The van der Waals surface area contributed by atoms with Crippen molar-refractivity contribution in [3.8, 4) is 0 Å².